The van der Waals surface area contributed by atoms with Crippen LogP contribution in [0, 0.1) is 0 Å². The van der Waals surface area contributed by atoms with Crippen molar-refractivity contribution in [3.63, 3.8) is 0 Å². The minimum atomic E-state index is -0.416. The number of hydrogen-bond donors (Lipinski definition) is 1. The predicted octanol–water partition coefficient (Wildman–Crippen LogP) is 2.91. The Balaban J connectivity index is 1.48. The number of nitrogens with zero attached hydrogens (tertiary/aromatic N) is 4. The van der Waals surface area contributed by atoms with Crippen molar-refractivity contribution < 1.29 is 9.53 Å². The fourth-order valence-electron chi connectivity index (χ4n) is 2.86. The molecule has 4 rings (SSSR count). The number of ether oxygens (including phenoxy) is 1. The number of carbonyl (C=O) groups is 1. The fraction of sp³-hybridized carbons (Fsp3) is 0.278. The molecule has 1 atom stereocenters. The van der Waals surface area contributed by atoms with Crippen LogP contribution < -0.4 is 10.9 Å². The van der Waals surface area contributed by atoms with E-state index >= 15 is 0 Å². The van der Waals surface area contributed by atoms with Crippen LogP contribution in [0.4, 0.5) is 5.13 Å². The smallest absolute Gasteiger partial charge is 0.267 e. The van der Waals surface area contributed by atoms with Crippen LogP contribution in [0.1, 0.15) is 24.0 Å². The number of halogens is 1. The first-order valence-electron chi connectivity index (χ1n) is 8.68. The van der Waals surface area contributed by atoms with Gasteiger partial charge in [-0.1, -0.05) is 41.1 Å². The summed E-state index contributed by atoms with van der Waals surface area (Å²) in [5.74, 6) is -0.416. The lowest BCUT2D eigenvalue weighted by Crippen LogP contribution is -2.29. The van der Waals surface area contributed by atoms with Crippen LogP contribution in [0.25, 0.3) is 11.3 Å². The number of benzene rings is 1. The van der Waals surface area contributed by atoms with Crippen LogP contribution in [0.5, 0.6) is 0 Å². The number of nitrogens with one attached hydrogen (secondary N) is 1. The quantitative estimate of drug-likeness (QED) is 0.685. The molecule has 1 aliphatic heterocycles. The Hall–Kier alpha value is -2.62. The molecule has 1 fully saturated rings. The summed E-state index contributed by atoms with van der Waals surface area (Å²) in [6.07, 6.45) is 1.83. The number of aromatic nitrogens is 4. The van der Waals surface area contributed by atoms with Gasteiger partial charge in [-0.25, -0.2) is 4.68 Å². The summed E-state index contributed by atoms with van der Waals surface area (Å²) < 4.78 is 6.66. The Morgan fingerprint density at radius 1 is 1.29 bits per heavy atom. The van der Waals surface area contributed by atoms with Gasteiger partial charge >= 0.3 is 0 Å². The Kier molecular flexibility index (Phi) is 5.47. The summed E-state index contributed by atoms with van der Waals surface area (Å²) in [6.45, 7) is 0.467. The van der Waals surface area contributed by atoms with E-state index in [0.29, 0.717) is 28.0 Å². The van der Waals surface area contributed by atoms with E-state index in [1.165, 1.54) is 17.4 Å². The second kappa shape index (κ2) is 8.17. The first-order chi connectivity index (χ1) is 13.6. The summed E-state index contributed by atoms with van der Waals surface area (Å²) in [5, 5.41) is 16.6. The van der Waals surface area contributed by atoms with E-state index in [9.17, 15) is 9.59 Å². The van der Waals surface area contributed by atoms with Gasteiger partial charge in [-0.05, 0) is 25.0 Å². The highest BCUT2D eigenvalue weighted by molar-refractivity contribution is 7.15. The van der Waals surface area contributed by atoms with Crippen molar-refractivity contribution in [1.29, 1.82) is 0 Å². The minimum absolute atomic E-state index is 0.0558. The van der Waals surface area contributed by atoms with Crippen molar-refractivity contribution in [1.82, 2.24) is 20.0 Å². The largest absolute Gasteiger partial charge is 0.371 e. The van der Waals surface area contributed by atoms with E-state index in [0.717, 1.165) is 22.5 Å². The number of rotatable bonds is 5. The molecule has 8 nitrogen and oxygen atoms in total. The summed E-state index contributed by atoms with van der Waals surface area (Å²) in [7, 11) is 0. The molecule has 10 heteroatoms. The van der Waals surface area contributed by atoms with Crippen molar-refractivity contribution in [2.75, 3.05) is 11.9 Å². The molecule has 0 bridgehead atoms. The van der Waals surface area contributed by atoms with Gasteiger partial charge in [0.25, 0.3) is 5.56 Å². The first-order valence-corrected chi connectivity index (χ1v) is 9.87. The second-order valence-electron chi connectivity index (χ2n) is 6.19. The standard InChI is InChI=1S/C18H16ClN5O3S/c19-12-5-2-1-4-11(12)13-7-8-16(26)24(23-13)10-15(25)20-18-22-21-17(28-18)14-6-3-9-27-14/h1-2,4-5,7-8,14H,3,6,9-10H2,(H,20,22,25)/t14-/m0/s1. The van der Waals surface area contributed by atoms with Crippen LogP contribution >= 0.6 is 22.9 Å². The van der Waals surface area contributed by atoms with E-state index in [1.807, 2.05) is 12.1 Å². The molecule has 2 aromatic heterocycles. The molecule has 144 valence electrons. The Morgan fingerprint density at radius 3 is 2.93 bits per heavy atom. The molecule has 0 saturated carbocycles. The highest BCUT2D eigenvalue weighted by atomic mass is 35.5. The van der Waals surface area contributed by atoms with Crippen LogP contribution in [-0.4, -0.2) is 32.5 Å². The van der Waals surface area contributed by atoms with Crippen LogP contribution in [0.3, 0.4) is 0 Å². The number of anilines is 1. The average molecular weight is 418 g/mol. The molecule has 1 saturated heterocycles. The zero-order chi connectivity index (χ0) is 19.5. The third-order valence-electron chi connectivity index (χ3n) is 4.20. The lowest BCUT2D eigenvalue weighted by atomic mass is 10.1. The molecule has 28 heavy (non-hydrogen) atoms. The summed E-state index contributed by atoms with van der Waals surface area (Å²) in [4.78, 5) is 24.4. The topological polar surface area (TPSA) is 99.0 Å². The molecule has 1 amide bonds. The highest BCUT2D eigenvalue weighted by Crippen LogP contribution is 2.31. The van der Waals surface area contributed by atoms with Gasteiger partial charge in [0.05, 0.1) is 10.7 Å². The lowest BCUT2D eigenvalue weighted by Gasteiger charge is -2.08. The normalized spacial score (nSPS) is 16.2. The van der Waals surface area contributed by atoms with Gasteiger partial charge in [0.1, 0.15) is 17.7 Å². The van der Waals surface area contributed by atoms with E-state index in [4.69, 9.17) is 16.3 Å². The summed E-state index contributed by atoms with van der Waals surface area (Å²) >= 11 is 7.46. The second-order valence-corrected chi connectivity index (χ2v) is 7.61. The molecular formula is C18H16ClN5O3S. The molecular weight excluding hydrogens is 402 g/mol. The molecule has 1 N–H and O–H groups in total. The van der Waals surface area contributed by atoms with E-state index in [2.05, 4.69) is 20.6 Å². The maximum Gasteiger partial charge on any atom is 0.267 e. The van der Waals surface area contributed by atoms with Gasteiger partial charge in [-0.2, -0.15) is 5.10 Å². The third kappa shape index (κ3) is 4.11. The number of amides is 1. The van der Waals surface area contributed by atoms with Gasteiger partial charge in [0, 0.05) is 18.2 Å². The molecule has 0 spiro atoms. The van der Waals surface area contributed by atoms with Crippen molar-refractivity contribution in [3.8, 4) is 11.3 Å². The SMILES string of the molecule is O=C(Cn1nc(-c2ccccc2Cl)ccc1=O)Nc1nnc([C@@H]2CCCO2)s1. The zero-order valence-corrected chi connectivity index (χ0v) is 16.2. The fourth-order valence-corrected chi connectivity index (χ4v) is 3.93. The number of hydrogen-bond acceptors (Lipinski definition) is 7. The zero-order valence-electron chi connectivity index (χ0n) is 14.7. The summed E-state index contributed by atoms with van der Waals surface area (Å²) in [5.41, 5.74) is 0.807. The van der Waals surface area contributed by atoms with Crippen LogP contribution in [0.2, 0.25) is 5.02 Å². The van der Waals surface area contributed by atoms with E-state index in [-0.39, 0.29) is 18.2 Å². The van der Waals surface area contributed by atoms with Gasteiger partial charge < -0.3 is 4.74 Å². The van der Waals surface area contributed by atoms with Gasteiger partial charge in [-0.3, -0.25) is 14.9 Å². The predicted molar refractivity (Wildman–Crippen MR) is 105 cm³/mol. The van der Waals surface area contributed by atoms with Crippen molar-refractivity contribution in [2.45, 2.75) is 25.5 Å². The van der Waals surface area contributed by atoms with Gasteiger partial charge in [-0.15, -0.1) is 10.2 Å². The summed E-state index contributed by atoms with van der Waals surface area (Å²) in [6, 6.07) is 10.1. The van der Waals surface area contributed by atoms with Gasteiger partial charge in [0.2, 0.25) is 11.0 Å². The van der Waals surface area contributed by atoms with Gasteiger partial charge in [0.15, 0.2) is 0 Å². The monoisotopic (exact) mass is 417 g/mol. The molecule has 3 heterocycles. The Labute approximate surface area is 169 Å². The van der Waals surface area contributed by atoms with Crippen LogP contribution in [0.15, 0.2) is 41.2 Å². The molecule has 1 aliphatic rings. The lowest BCUT2D eigenvalue weighted by molar-refractivity contribution is -0.117. The van der Waals surface area contributed by atoms with E-state index in [1.54, 1.807) is 18.2 Å². The molecule has 3 aromatic rings. The minimum Gasteiger partial charge on any atom is -0.371 e. The average Bonchev–Trinajstić information content (AvgIpc) is 3.36. The highest BCUT2D eigenvalue weighted by Gasteiger charge is 2.22. The third-order valence-corrected chi connectivity index (χ3v) is 5.46. The Bertz CT molecular complexity index is 1060. The molecule has 0 radical (unpaired) electrons. The molecule has 0 unspecified atom stereocenters. The van der Waals surface area contributed by atoms with Crippen LogP contribution in [-0.2, 0) is 16.1 Å². The van der Waals surface area contributed by atoms with Crippen molar-refractivity contribution >= 4 is 34.0 Å². The molecule has 1 aromatic carbocycles. The van der Waals surface area contributed by atoms with Crippen molar-refractivity contribution in [3.05, 3.63) is 56.8 Å². The maximum absolute atomic E-state index is 12.4. The first kappa shape index (κ1) is 18.7. The van der Waals surface area contributed by atoms with E-state index < -0.39 is 5.91 Å². The number of carbonyl (C=O) groups excluding carboxylic acids is 1. The molecule has 0 aliphatic carbocycles. The Morgan fingerprint density at radius 2 is 2.14 bits per heavy atom. The van der Waals surface area contributed by atoms with Crippen molar-refractivity contribution in [2.24, 2.45) is 0 Å². The maximum atomic E-state index is 12.4.